The highest BCUT2D eigenvalue weighted by molar-refractivity contribution is 5.31. The first kappa shape index (κ1) is 13.0. The molecule has 0 amide bonds. The maximum atomic E-state index is 13.5. The summed E-state index contributed by atoms with van der Waals surface area (Å²) in [7, 11) is 0. The fraction of sp³-hybridized carbons (Fsp3) is 0.538. The van der Waals surface area contributed by atoms with Gasteiger partial charge in [-0.15, -0.1) is 0 Å². The monoisotopic (exact) mass is 225 g/mol. The molecule has 0 aliphatic rings. The van der Waals surface area contributed by atoms with Gasteiger partial charge >= 0.3 is 0 Å². The molecule has 0 fully saturated rings. The molecule has 0 spiro atoms. The third kappa shape index (κ3) is 3.49. The van der Waals surface area contributed by atoms with E-state index >= 15 is 0 Å². The van der Waals surface area contributed by atoms with E-state index < -0.39 is 0 Å². The SMILES string of the molecule is CCCOc1ccc(F)c(C(N)CCC)c1. The standard InChI is InChI=1S/C13H20FNO/c1-3-5-13(15)11-9-10(16-8-4-2)6-7-12(11)14/h6-7,9,13H,3-5,8,15H2,1-2H3. The Balaban J connectivity index is 2.81. The van der Waals surface area contributed by atoms with Crippen LogP contribution in [0.5, 0.6) is 5.75 Å². The summed E-state index contributed by atoms with van der Waals surface area (Å²) < 4.78 is 19.0. The highest BCUT2D eigenvalue weighted by Gasteiger charge is 2.11. The Labute approximate surface area is 96.6 Å². The lowest BCUT2D eigenvalue weighted by atomic mass is 10.0. The van der Waals surface area contributed by atoms with Crippen LogP contribution in [-0.2, 0) is 0 Å². The number of hydrogen-bond donors (Lipinski definition) is 1. The molecule has 16 heavy (non-hydrogen) atoms. The number of halogens is 1. The Bertz CT molecular complexity index is 328. The Morgan fingerprint density at radius 2 is 2.06 bits per heavy atom. The van der Waals surface area contributed by atoms with Crippen molar-refractivity contribution in [2.45, 2.75) is 39.2 Å². The van der Waals surface area contributed by atoms with E-state index in [0.29, 0.717) is 17.9 Å². The lowest BCUT2D eigenvalue weighted by Crippen LogP contribution is -2.12. The molecular weight excluding hydrogens is 205 g/mol. The van der Waals surface area contributed by atoms with E-state index in [-0.39, 0.29) is 11.9 Å². The van der Waals surface area contributed by atoms with E-state index in [2.05, 4.69) is 0 Å². The van der Waals surface area contributed by atoms with Crippen LogP contribution in [0.15, 0.2) is 18.2 Å². The number of rotatable bonds is 6. The molecule has 2 N–H and O–H groups in total. The van der Waals surface area contributed by atoms with Crippen molar-refractivity contribution in [3.8, 4) is 5.75 Å². The van der Waals surface area contributed by atoms with Crippen LogP contribution in [0.25, 0.3) is 0 Å². The minimum Gasteiger partial charge on any atom is -0.494 e. The van der Waals surface area contributed by atoms with Crippen molar-refractivity contribution in [3.05, 3.63) is 29.6 Å². The van der Waals surface area contributed by atoms with Crippen LogP contribution in [0.2, 0.25) is 0 Å². The molecule has 1 rings (SSSR count). The maximum Gasteiger partial charge on any atom is 0.128 e. The molecule has 0 radical (unpaired) electrons. The predicted molar refractivity (Wildman–Crippen MR) is 64.0 cm³/mol. The van der Waals surface area contributed by atoms with Gasteiger partial charge in [0.05, 0.1) is 6.61 Å². The molecule has 1 aromatic rings. The highest BCUT2D eigenvalue weighted by atomic mass is 19.1. The topological polar surface area (TPSA) is 35.2 Å². The van der Waals surface area contributed by atoms with Crippen molar-refractivity contribution >= 4 is 0 Å². The molecule has 1 aromatic carbocycles. The second-order valence-corrected chi connectivity index (χ2v) is 3.93. The summed E-state index contributed by atoms with van der Waals surface area (Å²) in [4.78, 5) is 0. The summed E-state index contributed by atoms with van der Waals surface area (Å²) in [6.45, 7) is 4.72. The van der Waals surface area contributed by atoms with E-state index in [9.17, 15) is 4.39 Å². The van der Waals surface area contributed by atoms with E-state index in [0.717, 1.165) is 19.3 Å². The van der Waals surface area contributed by atoms with Gasteiger partial charge in [0.15, 0.2) is 0 Å². The highest BCUT2D eigenvalue weighted by Crippen LogP contribution is 2.24. The van der Waals surface area contributed by atoms with Gasteiger partial charge in [-0.2, -0.15) is 0 Å². The quantitative estimate of drug-likeness (QED) is 0.805. The summed E-state index contributed by atoms with van der Waals surface area (Å²) >= 11 is 0. The smallest absolute Gasteiger partial charge is 0.128 e. The van der Waals surface area contributed by atoms with Gasteiger partial charge in [-0.3, -0.25) is 0 Å². The first-order chi connectivity index (χ1) is 7.69. The Morgan fingerprint density at radius 3 is 2.69 bits per heavy atom. The van der Waals surface area contributed by atoms with Gasteiger partial charge in [0.25, 0.3) is 0 Å². The molecule has 2 nitrogen and oxygen atoms in total. The minimum atomic E-state index is -0.246. The van der Waals surface area contributed by atoms with E-state index in [1.54, 1.807) is 12.1 Å². The van der Waals surface area contributed by atoms with Crippen LogP contribution in [0.3, 0.4) is 0 Å². The first-order valence-corrected chi connectivity index (χ1v) is 5.86. The van der Waals surface area contributed by atoms with Crippen molar-refractivity contribution in [3.63, 3.8) is 0 Å². The third-order valence-corrected chi connectivity index (χ3v) is 2.44. The molecule has 1 unspecified atom stereocenters. The molecule has 0 saturated heterocycles. The van der Waals surface area contributed by atoms with Crippen LogP contribution in [0.1, 0.15) is 44.7 Å². The van der Waals surface area contributed by atoms with Crippen molar-refractivity contribution in [1.29, 1.82) is 0 Å². The Morgan fingerprint density at radius 1 is 1.31 bits per heavy atom. The van der Waals surface area contributed by atoms with Crippen LogP contribution in [0.4, 0.5) is 4.39 Å². The Kier molecular flexibility index (Phi) is 5.26. The van der Waals surface area contributed by atoms with Gasteiger partial charge in [-0.05, 0) is 31.0 Å². The van der Waals surface area contributed by atoms with Crippen molar-refractivity contribution in [1.82, 2.24) is 0 Å². The average Bonchev–Trinajstić information content (AvgIpc) is 2.28. The molecule has 0 aliphatic carbocycles. The molecule has 1 atom stereocenters. The second kappa shape index (κ2) is 6.48. The van der Waals surface area contributed by atoms with Crippen LogP contribution in [-0.4, -0.2) is 6.61 Å². The summed E-state index contributed by atoms with van der Waals surface area (Å²) in [6.07, 6.45) is 2.67. The van der Waals surface area contributed by atoms with Gasteiger partial charge in [0.1, 0.15) is 11.6 Å². The fourth-order valence-corrected chi connectivity index (χ4v) is 1.58. The summed E-state index contributed by atoms with van der Waals surface area (Å²) in [6, 6.07) is 4.55. The normalized spacial score (nSPS) is 12.5. The molecule has 0 aliphatic heterocycles. The van der Waals surface area contributed by atoms with Crippen molar-refractivity contribution in [2.24, 2.45) is 5.73 Å². The molecule has 0 aromatic heterocycles. The van der Waals surface area contributed by atoms with Crippen LogP contribution >= 0.6 is 0 Å². The molecule has 90 valence electrons. The van der Waals surface area contributed by atoms with Crippen molar-refractivity contribution < 1.29 is 9.13 Å². The van der Waals surface area contributed by atoms with Gasteiger partial charge < -0.3 is 10.5 Å². The summed E-state index contributed by atoms with van der Waals surface area (Å²) in [5.74, 6) is 0.453. The van der Waals surface area contributed by atoms with Gasteiger partial charge in [-0.25, -0.2) is 4.39 Å². The zero-order valence-electron chi connectivity index (χ0n) is 10.0. The molecule has 0 heterocycles. The molecular formula is C13H20FNO. The predicted octanol–water partition coefficient (Wildman–Crippen LogP) is 3.41. The lowest BCUT2D eigenvalue weighted by molar-refractivity contribution is 0.316. The number of benzene rings is 1. The average molecular weight is 225 g/mol. The molecule has 0 saturated carbocycles. The largest absolute Gasteiger partial charge is 0.494 e. The lowest BCUT2D eigenvalue weighted by Gasteiger charge is -2.13. The van der Waals surface area contributed by atoms with Crippen LogP contribution in [0, 0.1) is 5.82 Å². The fourth-order valence-electron chi connectivity index (χ4n) is 1.58. The zero-order chi connectivity index (χ0) is 12.0. The van der Waals surface area contributed by atoms with Crippen LogP contribution < -0.4 is 10.5 Å². The number of hydrogen-bond acceptors (Lipinski definition) is 2. The van der Waals surface area contributed by atoms with Gasteiger partial charge in [0, 0.05) is 11.6 Å². The molecule has 3 heteroatoms. The Hall–Kier alpha value is -1.09. The number of nitrogens with two attached hydrogens (primary N) is 1. The summed E-state index contributed by atoms with van der Waals surface area (Å²) in [5.41, 5.74) is 6.46. The van der Waals surface area contributed by atoms with E-state index in [1.165, 1.54) is 6.07 Å². The summed E-state index contributed by atoms with van der Waals surface area (Å²) in [5, 5.41) is 0. The maximum absolute atomic E-state index is 13.5. The van der Waals surface area contributed by atoms with Gasteiger partial charge in [-0.1, -0.05) is 20.3 Å². The molecule has 0 bridgehead atoms. The van der Waals surface area contributed by atoms with Gasteiger partial charge in [0.2, 0.25) is 0 Å². The van der Waals surface area contributed by atoms with Crippen molar-refractivity contribution in [2.75, 3.05) is 6.61 Å². The van der Waals surface area contributed by atoms with E-state index in [4.69, 9.17) is 10.5 Å². The third-order valence-electron chi connectivity index (χ3n) is 2.44. The van der Waals surface area contributed by atoms with E-state index in [1.807, 2.05) is 13.8 Å². The number of ether oxygens (including phenoxy) is 1. The second-order valence-electron chi connectivity index (χ2n) is 3.93. The first-order valence-electron chi connectivity index (χ1n) is 5.86. The zero-order valence-corrected chi connectivity index (χ0v) is 10.0. The minimum absolute atomic E-state index is 0.241.